The van der Waals surface area contributed by atoms with E-state index in [2.05, 4.69) is 0 Å². The standard InChI is InChI=1S/C21H16N2O5/c22-19(23)12-2-1-3-15-18(12)20(26)28-21(15)13-6-4-10(24)8-16(13)27-17-9-11(25)5-7-14(17)21/h1-9,19,24-25H,22-23H2. The van der Waals surface area contributed by atoms with Gasteiger partial charge in [0.15, 0.2) is 5.60 Å². The lowest BCUT2D eigenvalue weighted by atomic mass is 9.77. The molecule has 0 saturated heterocycles. The second-order valence-electron chi connectivity index (χ2n) is 6.83. The van der Waals surface area contributed by atoms with Crippen LogP contribution in [0.2, 0.25) is 0 Å². The number of carbonyl (C=O) groups excluding carboxylic acids is 1. The van der Waals surface area contributed by atoms with Crippen LogP contribution in [0.5, 0.6) is 23.0 Å². The van der Waals surface area contributed by atoms with Crippen LogP contribution in [0.1, 0.15) is 38.8 Å². The lowest BCUT2D eigenvalue weighted by molar-refractivity contribution is 0.0223. The van der Waals surface area contributed by atoms with Crippen LogP contribution in [0.4, 0.5) is 0 Å². The van der Waals surface area contributed by atoms with Crippen molar-refractivity contribution in [3.63, 3.8) is 0 Å². The molecule has 3 aromatic carbocycles. The van der Waals surface area contributed by atoms with Crippen molar-refractivity contribution in [1.82, 2.24) is 0 Å². The van der Waals surface area contributed by atoms with E-state index < -0.39 is 17.7 Å². The van der Waals surface area contributed by atoms with Gasteiger partial charge in [-0.05, 0) is 29.8 Å². The summed E-state index contributed by atoms with van der Waals surface area (Å²) in [6.45, 7) is 0. The van der Waals surface area contributed by atoms with Gasteiger partial charge in [0.2, 0.25) is 0 Å². The van der Waals surface area contributed by atoms with Crippen molar-refractivity contribution in [2.75, 3.05) is 0 Å². The lowest BCUT2D eigenvalue weighted by Crippen LogP contribution is -2.33. The van der Waals surface area contributed by atoms with Crippen molar-refractivity contribution in [2.45, 2.75) is 11.8 Å². The zero-order valence-electron chi connectivity index (χ0n) is 14.5. The minimum atomic E-state index is -1.30. The molecule has 0 saturated carbocycles. The number of carbonyl (C=O) groups is 1. The summed E-state index contributed by atoms with van der Waals surface area (Å²) in [5.41, 5.74) is 12.9. The Hall–Kier alpha value is -3.55. The summed E-state index contributed by atoms with van der Waals surface area (Å²) in [6, 6.07) is 14.4. The predicted molar refractivity (Wildman–Crippen MR) is 99.1 cm³/mol. The highest BCUT2D eigenvalue weighted by Gasteiger charge is 2.54. The number of aromatic hydroxyl groups is 2. The molecule has 7 heteroatoms. The van der Waals surface area contributed by atoms with Gasteiger partial charge < -0.3 is 31.2 Å². The van der Waals surface area contributed by atoms with E-state index in [-0.39, 0.29) is 11.5 Å². The van der Waals surface area contributed by atoms with E-state index in [4.69, 9.17) is 20.9 Å². The maximum absolute atomic E-state index is 12.9. The molecule has 0 fully saturated rings. The summed E-state index contributed by atoms with van der Waals surface area (Å²) >= 11 is 0. The second-order valence-corrected chi connectivity index (χ2v) is 6.83. The first-order valence-corrected chi connectivity index (χ1v) is 8.64. The number of phenols is 2. The van der Waals surface area contributed by atoms with Gasteiger partial charge in [0, 0.05) is 28.8 Å². The van der Waals surface area contributed by atoms with Gasteiger partial charge >= 0.3 is 5.97 Å². The molecule has 0 atom stereocenters. The molecule has 7 nitrogen and oxygen atoms in total. The molecule has 2 aliphatic rings. The molecule has 2 aliphatic heterocycles. The highest BCUT2D eigenvalue weighted by atomic mass is 16.6. The first-order valence-electron chi connectivity index (χ1n) is 8.64. The van der Waals surface area contributed by atoms with E-state index in [0.29, 0.717) is 39.3 Å². The third kappa shape index (κ3) is 2.02. The molecular formula is C21H16N2O5. The molecule has 1 spiro atoms. The van der Waals surface area contributed by atoms with Crippen molar-refractivity contribution in [3.8, 4) is 23.0 Å². The number of phenolic OH excluding ortho intramolecular Hbond substituents is 2. The van der Waals surface area contributed by atoms with Crippen LogP contribution < -0.4 is 16.2 Å². The van der Waals surface area contributed by atoms with Crippen molar-refractivity contribution < 1.29 is 24.5 Å². The van der Waals surface area contributed by atoms with Gasteiger partial charge in [-0.2, -0.15) is 0 Å². The van der Waals surface area contributed by atoms with Crippen LogP contribution in [0, 0.1) is 0 Å². The molecule has 28 heavy (non-hydrogen) atoms. The quantitative estimate of drug-likeness (QED) is 0.379. The third-order valence-corrected chi connectivity index (χ3v) is 5.19. The van der Waals surface area contributed by atoms with Crippen LogP contribution >= 0.6 is 0 Å². The van der Waals surface area contributed by atoms with Crippen LogP contribution in [0.3, 0.4) is 0 Å². The zero-order valence-corrected chi connectivity index (χ0v) is 14.5. The minimum absolute atomic E-state index is 0.000203. The Morgan fingerprint density at radius 1 is 0.857 bits per heavy atom. The molecule has 0 aliphatic carbocycles. The fourth-order valence-electron chi connectivity index (χ4n) is 4.05. The van der Waals surface area contributed by atoms with Crippen LogP contribution in [0.15, 0.2) is 54.6 Å². The molecule has 2 heterocycles. The molecular weight excluding hydrogens is 360 g/mol. The summed E-state index contributed by atoms with van der Waals surface area (Å²) in [5, 5.41) is 19.8. The predicted octanol–water partition coefficient (Wildman–Crippen LogP) is 2.58. The Bertz CT molecular complexity index is 1100. The maximum atomic E-state index is 12.9. The number of nitrogens with two attached hydrogens (primary N) is 2. The minimum Gasteiger partial charge on any atom is -0.508 e. The number of rotatable bonds is 1. The molecule has 3 aromatic rings. The highest BCUT2D eigenvalue weighted by molar-refractivity contribution is 5.98. The Labute approximate surface area is 159 Å². The van der Waals surface area contributed by atoms with Crippen molar-refractivity contribution in [1.29, 1.82) is 0 Å². The molecule has 0 aromatic heterocycles. The Kier molecular flexibility index (Phi) is 3.25. The van der Waals surface area contributed by atoms with E-state index in [1.807, 2.05) is 0 Å². The highest BCUT2D eigenvalue weighted by Crippen LogP contribution is 2.57. The van der Waals surface area contributed by atoms with Gasteiger partial charge in [-0.3, -0.25) is 0 Å². The lowest BCUT2D eigenvalue weighted by Gasteiger charge is -2.36. The zero-order chi connectivity index (χ0) is 19.6. The third-order valence-electron chi connectivity index (χ3n) is 5.19. The Morgan fingerprint density at radius 3 is 2.04 bits per heavy atom. The van der Waals surface area contributed by atoms with Gasteiger partial charge in [0.25, 0.3) is 0 Å². The topological polar surface area (TPSA) is 128 Å². The Balaban J connectivity index is 1.90. The molecule has 0 bridgehead atoms. The summed E-state index contributed by atoms with van der Waals surface area (Å²) in [5.74, 6) is 0.0911. The summed E-state index contributed by atoms with van der Waals surface area (Å²) in [6.07, 6.45) is -0.851. The number of hydrogen-bond acceptors (Lipinski definition) is 7. The van der Waals surface area contributed by atoms with Crippen molar-refractivity contribution >= 4 is 5.97 Å². The van der Waals surface area contributed by atoms with Crippen molar-refractivity contribution in [2.24, 2.45) is 11.5 Å². The van der Waals surface area contributed by atoms with Gasteiger partial charge in [-0.1, -0.05) is 18.2 Å². The first-order chi connectivity index (χ1) is 13.4. The summed E-state index contributed by atoms with van der Waals surface area (Å²) in [4.78, 5) is 12.9. The smallest absolute Gasteiger partial charge is 0.340 e. The van der Waals surface area contributed by atoms with E-state index in [1.54, 1.807) is 30.3 Å². The average molecular weight is 376 g/mol. The van der Waals surface area contributed by atoms with E-state index in [1.165, 1.54) is 24.3 Å². The van der Waals surface area contributed by atoms with Crippen LogP contribution in [-0.2, 0) is 10.3 Å². The maximum Gasteiger partial charge on any atom is 0.340 e. The van der Waals surface area contributed by atoms with Gasteiger partial charge in [-0.15, -0.1) is 0 Å². The molecule has 0 amide bonds. The average Bonchev–Trinajstić information content (AvgIpc) is 2.95. The number of benzene rings is 3. The summed E-state index contributed by atoms with van der Waals surface area (Å²) < 4.78 is 11.9. The van der Waals surface area contributed by atoms with Crippen LogP contribution in [-0.4, -0.2) is 16.2 Å². The van der Waals surface area contributed by atoms with Crippen molar-refractivity contribution in [3.05, 3.63) is 82.4 Å². The normalized spacial score (nSPS) is 15.6. The van der Waals surface area contributed by atoms with E-state index in [9.17, 15) is 15.0 Å². The van der Waals surface area contributed by atoms with E-state index in [0.717, 1.165) is 0 Å². The number of ether oxygens (including phenoxy) is 2. The molecule has 140 valence electrons. The number of esters is 1. The summed E-state index contributed by atoms with van der Waals surface area (Å²) in [7, 11) is 0. The first kappa shape index (κ1) is 16.6. The largest absolute Gasteiger partial charge is 0.508 e. The molecule has 6 N–H and O–H groups in total. The molecule has 5 rings (SSSR count). The number of fused-ring (bicyclic) bond motifs is 6. The monoisotopic (exact) mass is 376 g/mol. The van der Waals surface area contributed by atoms with Gasteiger partial charge in [-0.25, -0.2) is 4.79 Å². The SMILES string of the molecule is NC(N)c1cccc2c1C(=O)OC21c2ccc(O)cc2Oc2cc(O)ccc21. The number of hydrogen-bond donors (Lipinski definition) is 4. The molecule has 0 radical (unpaired) electrons. The van der Waals surface area contributed by atoms with Gasteiger partial charge in [0.05, 0.1) is 11.7 Å². The molecule has 0 unspecified atom stereocenters. The van der Waals surface area contributed by atoms with Gasteiger partial charge in [0.1, 0.15) is 23.0 Å². The second kappa shape index (κ2) is 5.48. The Morgan fingerprint density at radius 2 is 1.46 bits per heavy atom. The van der Waals surface area contributed by atoms with E-state index >= 15 is 0 Å². The fourth-order valence-corrected chi connectivity index (χ4v) is 4.05. The van der Waals surface area contributed by atoms with Crippen LogP contribution in [0.25, 0.3) is 0 Å². The fraction of sp³-hybridized carbons (Fsp3) is 0.0952.